The standard InChI is InChI=1S/C38H39Cl2F3N6O3S/c39-31-17-13-29(14-18-31)36-34(27-8-4-3-5-9-27)26-49(46-36)37(48-53(50,51)33-21-19-32(40)20-22-33)45-24-7-2-1-6-10-35(47-52-25-23-44)28-11-15-30(16-12-28)38(41,42)43/h3-5,8-9,11-22,34H,1-2,6-7,10,23-26,44H2,(H,45,48)/b47-35-. The molecule has 0 spiro atoms. The van der Waals surface area contributed by atoms with E-state index in [1.165, 1.54) is 36.4 Å². The lowest BCUT2D eigenvalue weighted by molar-refractivity contribution is -0.137. The zero-order valence-electron chi connectivity index (χ0n) is 28.6. The van der Waals surface area contributed by atoms with Crippen molar-refractivity contribution in [2.45, 2.75) is 49.1 Å². The first kappa shape index (κ1) is 39.8. The van der Waals surface area contributed by atoms with E-state index in [-0.39, 0.29) is 29.9 Å². The Kier molecular flexibility index (Phi) is 13.9. The number of nitrogens with two attached hydrogens (primary N) is 1. The van der Waals surface area contributed by atoms with E-state index in [1.807, 2.05) is 42.5 Å². The molecule has 1 aliphatic heterocycles. The molecule has 0 radical (unpaired) electrons. The highest BCUT2D eigenvalue weighted by molar-refractivity contribution is 7.90. The Balaban J connectivity index is 1.30. The average molecular weight is 788 g/mol. The van der Waals surface area contributed by atoms with Crippen LogP contribution < -0.4 is 10.5 Å². The summed E-state index contributed by atoms with van der Waals surface area (Å²) in [5.74, 6) is -0.101. The van der Waals surface area contributed by atoms with Crippen LogP contribution in [0.2, 0.25) is 10.0 Å². The van der Waals surface area contributed by atoms with Crippen molar-refractivity contribution in [3.63, 3.8) is 0 Å². The van der Waals surface area contributed by atoms with Crippen LogP contribution in [0.5, 0.6) is 0 Å². The molecule has 0 aliphatic carbocycles. The molecule has 0 saturated carbocycles. The maximum absolute atomic E-state index is 13.6. The largest absolute Gasteiger partial charge is 0.416 e. The number of nitrogens with one attached hydrogen (secondary N) is 1. The number of unbranched alkanes of at least 4 members (excludes halogenated alkanes) is 3. The molecule has 1 atom stereocenters. The number of hydrogen-bond donors (Lipinski definition) is 2. The van der Waals surface area contributed by atoms with E-state index < -0.39 is 21.8 Å². The van der Waals surface area contributed by atoms with Gasteiger partial charge in [-0.2, -0.15) is 18.3 Å². The summed E-state index contributed by atoms with van der Waals surface area (Å²) in [4.78, 5) is 10.00. The highest BCUT2D eigenvalue weighted by Crippen LogP contribution is 2.31. The second kappa shape index (κ2) is 18.6. The molecule has 53 heavy (non-hydrogen) atoms. The van der Waals surface area contributed by atoms with Crippen LogP contribution in [-0.2, 0) is 21.0 Å². The molecule has 9 nitrogen and oxygen atoms in total. The molecular weight excluding hydrogens is 748 g/mol. The predicted molar refractivity (Wildman–Crippen MR) is 204 cm³/mol. The molecule has 1 aliphatic rings. The van der Waals surface area contributed by atoms with Gasteiger partial charge in [0.15, 0.2) is 0 Å². The lowest BCUT2D eigenvalue weighted by Crippen LogP contribution is -2.41. The number of rotatable bonds is 15. The van der Waals surface area contributed by atoms with Crippen LogP contribution in [0.4, 0.5) is 13.2 Å². The van der Waals surface area contributed by atoms with Crippen LogP contribution in [0, 0.1) is 0 Å². The number of nitrogens with zero attached hydrogens (tertiary/aromatic N) is 4. The number of benzene rings is 4. The fraction of sp³-hybridized carbons (Fsp3) is 0.289. The van der Waals surface area contributed by atoms with Crippen molar-refractivity contribution in [2.24, 2.45) is 21.0 Å². The summed E-state index contributed by atoms with van der Waals surface area (Å²) in [5.41, 5.74) is 8.43. The summed E-state index contributed by atoms with van der Waals surface area (Å²) in [7, 11) is -4.05. The fourth-order valence-electron chi connectivity index (χ4n) is 5.63. The van der Waals surface area contributed by atoms with Gasteiger partial charge in [0.25, 0.3) is 10.0 Å². The molecule has 3 N–H and O–H groups in total. The van der Waals surface area contributed by atoms with Crippen LogP contribution >= 0.6 is 23.2 Å². The van der Waals surface area contributed by atoms with Gasteiger partial charge in [0.05, 0.1) is 28.4 Å². The molecule has 0 fully saturated rings. The number of sulfonamides is 1. The molecule has 0 bridgehead atoms. The Morgan fingerprint density at radius 3 is 2.17 bits per heavy atom. The van der Waals surface area contributed by atoms with Gasteiger partial charge in [0.2, 0.25) is 5.96 Å². The summed E-state index contributed by atoms with van der Waals surface area (Å²) >= 11 is 12.2. The van der Waals surface area contributed by atoms with Crippen molar-refractivity contribution in [1.82, 2.24) is 9.73 Å². The first-order valence-electron chi connectivity index (χ1n) is 17.0. The van der Waals surface area contributed by atoms with Crippen molar-refractivity contribution in [3.05, 3.63) is 135 Å². The van der Waals surface area contributed by atoms with Crippen LogP contribution in [0.1, 0.15) is 60.3 Å². The first-order valence-corrected chi connectivity index (χ1v) is 19.2. The van der Waals surface area contributed by atoms with E-state index in [4.69, 9.17) is 43.9 Å². The summed E-state index contributed by atoms with van der Waals surface area (Å²) < 4.78 is 69.0. The molecular formula is C38H39Cl2F3N6O3S. The Bertz CT molecular complexity index is 1990. The van der Waals surface area contributed by atoms with Crippen molar-refractivity contribution < 1.29 is 26.4 Å². The Morgan fingerprint density at radius 2 is 1.53 bits per heavy atom. The summed E-state index contributed by atoms with van der Waals surface area (Å²) in [5, 5.41) is 11.6. The quantitative estimate of drug-likeness (QED) is 0.0542. The third-order valence-corrected chi connectivity index (χ3v) is 10.2. The monoisotopic (exact) mass is 786 g/mol. The summed E-state index contributed by atoms with van der Waals surface area (Å²) in [6, 6.07) is 27.8. The minimum Gasteiger partial charge on any atom is -0.394 e. The van der Waals surface area contributed by atoms with Crippen molar-refractivity contribution in [2.75, 3.05) is 26.2 Å². The lowest BCUT2D eigenvalue weighted by atomic mass is 9.91. The molecule has 1 unspecified atom stereocenters. The molecule has 0 aromatic heterocycles. The molecule has 4 aromatic rings. The van der Waals surface area contributed by atoms with Gasteiger partial charge >= 0.3 is 6.18 Å². The van der Waals surface area contributed by atoms with Crippen molar-refractivity contribution in [1.29, 1.82) is 0 Å². The van der Waals surface area contributed by atoms with Crippen LogP contribution in [-0.4, -0.2) is 57.1 Å². The second-order valence-corrected chi connectivity index (χ2v) is 14.8. The zero-order valence-corrected chi connectivity index (χ0v) is 31.0. The molecule has 0 amide bonds. The topological polar surface area (TPSA) is 122 Å². The third-order valence-electron chi connectivity index (χ3n) is 8.36. The van der Waals surface area contributed by atoms with Gasteiger partial charge in [-0.25, -0.2) is 18.1 Å². The van der Waals surface area contributed by atoms with Crippen molar-refractivity contribution >= 4 is 50.6 Å². The van der Waals surface area contributed by atoms with Gasteiger partial charge in [-0.15, -0.1) is 0 Å². The van der Waals surface area contributed by atoms with E-state index in [2.05, 4.69) is 9.88 Å². The van der Waals surface area contributed by atoms with Gasteiger partial charge < -0.3 is 10.6 Å². The van der Waals surface area contributed by atoms with Crippen LogP contribution in [0.15, 0.2) is 123 Å². The molecule has 5 rings (SSSR count). The maximum Gasteiger partial charge on any atom is 0.416 e. The third kappa shape index (κ3) is 11.3. The number of aliphatic imine (C=N–C) groups is 1. The van der Waals surface area contributed by atoms with Gasteiger partial charge in [-0.3, -0.25) is 4.99 Å². The van der Waals surface area contributed by atoms with Gasteiger partial charge in [-0.1, -0.05) is 95.8 Å². The minimum atomic E-state index is -4.44. The number of oxime groups is 1. The molecule has 280 valence electrons. The smallest absolute Gasteiger partial charge is 0.394 e. The summed E-state index contributed by atoms with van der Waals surface area (Å²) in [6.45, 7) is 1.07. The highest BCUT2D eigenvalue weighted by Gasteiger charge is 2.33. The zero-order chi connectivity index (χ0) is 37.8. The predicted octanol–water partition coefficient (Wildman–Crippen LogP) is 8.48. The average Bonchev–Trinajstić information content (AvgIpc) is 3.59. The normalized spacial score (nSPS) is 15.4. The van der Waals surface area contributed by atoms with E-state index >= 15 is 0 Å². The Labute approximate surface area is 317 Å². The summed E-state index contributed by atoms with van der Waals surface area (Å²) in [6.07, 6.45) is -1.14. The second-order valence-electron chi connectivity index (χ2n) is 12.2. The maximum atomic E-state index is 13.6. The van der Waals surface area contributed by atoms with Crippen LogP contribution in [0.3, 0.4) is 0 Å². The number of alkyl halides is 3. The number of hydrogen-bond acceptors (Lipinski definition) is 7. The van der Waals surface area contributed by atoms with Crippen LogP contribution in [0.25, 0.3) is 0 Å². The molecule has 15 heteroatoms. The molecule has 4 aromatic carbocycles. The fourth-order valence-corrected chi connectivity index (χ4v) is 6.91. The Hall–Kier alpha value is -4.43. The van der Waals surface area contributed by atoms with E-state index in [1.54, 1.807) is 17.1 Å². The van der Waals surface area contributed by atoms with Gasteiger partial charge in [0.1, 0.15) is 6.61 Å². The highest BCUT2D eigenvalue weighted by atomic mass is 35.5. The van der Waals surface area contributed by atoms with Gasteiger partial charge in [-0.05, 0) is 84.5 Å². The number of halogens is 5. The van der Waals surface area contributed by atoms with E-state index in [0.717, 1.165) is 41.8 Å². The SMILES string of the molecule is NCCO/N=C(/CCCCCCN=C(NS(=O)(=O)c1ccc(Cl)cc1)N1CC(c2ccccc2)C(c2ccc(Cl)cc2)=N1)c1ccc(C(F)(F)F)cc1. The molecule has 0 saturated heterocycles. The van der Waals surface area contributed by atoms with E-state index in [0.29, 0.717) is 53.7 Å². The van der Waals surface area contributed by atoms with Gasteiger partial charge in [0, 0.05) is 29.1 Å². The van der Waals surface area contributed by atoms with E-state index in [9.17, 15) is 21.6 Å². The lowest BCUT2D eigenvalue weighted by Gasteiger charge is -2.20. The minimum absolute atomic E-state index is 0.0243. The first-order chi connectivity index (χ1) is 25.4. The number of guanidine groups is 1. The van der Waals surface area contributed by atoms with Crippen molar-refractivity contribution in [3.8, 4) is 0 Å². The number of hydrazone groups is 1. The Morgan fingerprint density at radius 1 is 0.887 bits per heavy atom. The molecule has 1 heterocycles.